The second-order valence-corrected chi connectivity index (χ2v) is 6.54. The van der Waals surface area contributed by atoms with E-state index in [1.807, 2.05) is 0 Å². The van der Waals surface area contributed by atoms with E-state index in [4.69, 9.17) is 4.74 Å². The minimum absolute atomic E-state index is 0.746. The molecule has 1 aliphatic rings. The molecule has 0 N–H and O–H groups in total. The zero-order chi connectivity index (χ0) is 15.8. The van der Waals surface area contributed by atoms with Crippen LogP contribution in [-0.2, 0) is 6.42 Å². The number of hydrogen-bond acceptors (Lipinski definition) is 4. The maximum Gasteiger partial charge on any atom is 0.119 e. The molecule has 0 aromatic heterocycles. The minimum atomic E-state index is 0.746. The molecule has 0 bridgehead atoms. The Balaban J connectivity index is 1.63. The van der Waals surface area contributed by atoms with Crippen molar-refractivity contribution in [3.63, 3.8) is 0 Å². The van der Waals surface area contributed by atoms with Crippen LogP contribution in [0.3, 0.4) is 0 Å². The van der Waals surface area contributed by atoms with Crippen LogP contribution in [0.4, 0.5) is 0 Å². The summed E-state index contributed by atoms with van der Waals surface area (Å²) in [4.78, 5) is 7.12. The summed E-state index contributed by atoms with van der Waals surface area (Å²) in [5.74, 6) is 0.977. The summed E-state index contributed by atoms with van der Waals surface area (Å²) in [6.07, 6.45) is 2.40. The number of benzene rings is 1. The van der Waals surface area contributed by atoms with Gasteiger partial charge in [0.15, 0.2) is 0 Å². The summed E-state index contributed by atoms with van der Waals surface area (Å²) in [5.41, 5.74) is 1.41. The van der Waals surface area contributed by atoms with Gasteiger partial charge in [-0.2, -0.15) is 0 Å². The van der Waals surface area contributed by atoms with Gasteiger partial charge in [-0.3, -0.25) is 0 Å². The third-order valence-electron chi connectivity index (χ3n) is 4.27. The Hall–Kier alpha value is -1.10. The predicted octanol–water partition coefficient (Wildman–Crippen LogP) is 1.81. The fourth-order valence-corrected chi connectivity index (χ4v) is 2.68. The van der Waals surface area contributed by atoms with Gasteiger partial charge < -0.3 is 19.4 Å². The molecule has 0 unspecified atom stereocenters. The molecule has 0 spiro atoms. The van der Waals surface area contributed by atoms with E-state index in [0.717, 1.165) is 25.3 Å². The minimum Gasteiger partial charge on any atom is -0.492 e. The SMILES string of the molecule is CN(C)CCOc1ccc(CCCN2CCN(C)CC2)cc1. The number of aryl methyl sites for hydroxylation is 1. The predicted molar refractivity (Wildman–Crippen MR) is 92.7 cm³/mol. The van der Waals surface area contributed by atoms with Crippen molar-refractivity contribution in [2.24, 2.45) is 0 Å². The van der Waals surface area contributed by atoms with Crippen molar-refractivity contribution in [2.75, 3.05) is 67.0 Å². The lowest BCUT2D eigenvalue weighted by molar-refractivity contribution is 0.153. The maximum atomic E-state index is 5.73. The standard InChI is InChI=1S/C18H31N3O/c1-19(2)15-16-22-18-8-6-17(7-9-18)5-4-10-21-13-11-20(3)12-14-21/h6-9H,4-5,10-16H2,1-3H3. The van der Waals surface area contributed by atoms with Gasteiger partial charge in [-0.25, -0.2) is 0 Å². The Bertz CT molecular complexity index is 411. The van der Waals surface area contributed by atoms with Gasteiger partial charge in [0.25, 0.3) is 0 Å². The molecular weight excluding hydrogens is 274 g/mol. The Morgan fingerprint density at radius 1 is 1.05 bits per heavy atom. The fourth-order valence-electron chi connectivity index (χ4n) is 2.68. The topological polar surface area (TPSA) is 19.0 Å². The molecule has 4 nitrogen and oxygen atoms in total. The molecule has 0 amide bonds. The van der Waals surface area contributed by atoms with Crippen LogP contribution in [0.15, 0.2) is 24.3 Å². The molecule has 124 valence electrons. The van der Waals surface area contributed by atoms with E-state index in [2.05, 4.69) is 60.1 Å². The lowest BCUT2D eigenvalue weighted by atomic mass is 10.1. The number of hydrogen-bond donors (Lipinski definition) is 0. The van der Waals surface area contributed by atoms with Crippen LogP contribution in [-0.4, -0.2) is 81.7 Å². The second-order valence-electron chi connectivity index (χ2n) is 6.54. The molecule has 0 aliphatic carbocycles. The number of likely N-dealkylation sites (N-methyl/N-ethyl adjacent to an activating group) is 2. The van der Waals surface area contributed by atoms with Gasteiger partial charge in [-0.15, -0.1) is 0 Å². The van der Waals surface area contributed by atoms with Gasteiger partial charge >= 0.3 is 0 Å². The maximum absolute atomic E-state index is 5.73. The molecule has 0 atom stereocenters. The van der Waals surface area contributed by atoms with Crippen LogP contribution in [0.2, 0.25) is 0 Å². The van der Waals surface area contributed by atoms with Crippen LogP contribution < -0.4 is 4.74 Å². The molecule has 1 heterocycles. The highest BCUT2D eigenvalue weighted by molar-refractivity contribution is 5.27. The van der Waals surface area contributed by atoms with Crippen LogP contribution in [0.1, 0.15) is 12.0 Å². The summed E-state index contributed by atoms with van der Waals surface area (Å²) >= 11 is 0. The Labute approximate surface area is 135 Å². The second kappa shape index (κ2) is 9.13. The van der Waals surface area contributed by atoms with E-state index < -0.39 is 0 Å². The Morgan fingerprint density at radius 2 is 1.73 bits per heavy atom. The lowest BCUT2D eigenvalue weighted by Gasteiger charge is -2.32. The first kappa shape index (κ1) is 17.3. The molecular formula is C18H31N3O. The fraction of sp³-hybridized carbons (Fsp3) is 0.667. The smallest absolute Gasteiger partial charge is 0.119 e. The highest BCUT2D eigenvalue weighted by atomic mass is 16.5. The zero-order valence-corrected chi connectivity index (χ0v) is 14.4. The van der Waals surface area contributed by atoms with Gasteiger partial charge in [0.1, 0.15) is 12.4 Å². The summed E-state index contributed by atoms with van der Waals surface area (Å²) in [7, 11) is 6.33. The molecule has 1 fully saturated rings. The molecule has 1 aromatic carbocycles. The molecule has 1 saturated heterocycles. The number of rotatable bonds is 8. The first-order valence-corrected chi connectivity index (χ1v) is 8.41. The van der Waals surface area contributed by atoms with Gasteiger partial charge in [-0.05, 0) is 58.2 Å². The van der Waals surface area contributed by atoms with Crippen LogP contribution in [0.5, 0.6) is 5.75 Å². The average molecular weight is 305 g/mol. The summed E-state index contributed by atoms with van der Waals surface area (Å²) in [6, 6.07) is 8.60. The van der Waals surface area contributed by atoms with E-state index in [0.29, 0.717) is 0 Å². The van der Waals surface area contributed by atoms with E-state index >= 15 is 0 Å². The van der Waals surface area contributed by atoms with Crippen molar-refractivity contribution >= 4 is 0 Å². The van der Waals surface area contributed by atoms with Crippen molar-refractivity contribution in [3.8, 4) is 5.75 Å². The van der Waals surface area contributed by atoms with E-state index in [1.165, 1.54) is 44.7 Å². The third-order valence-corrected chi connectivity index (χ3v) is 4.27. The Kier molecular flexibility index (Phi) is 7.16. The molecule has 1 aromatic rings. The summed E-state index contributed by atoms with van der Waals surface area (Å²) in [6.45, 7) is 7.76. The van der Waals surface area contributed by atoms with Gasteiger partial charge in [0.05, 0.1) is 0 Å². The molecule has 0 radical (unpaired) electrons. The monoisotopic (exact) mass is 305 g/mol. The van der Waals surface area contributed by atoms with Crippen LogP contribution in [0, 0.1) is 0 Å². The summed E-state index contributed by atoms with van der Waals surface area (Å²) < 4.78 is 5.73. The zero-order valence-electron chi connectivity index (χ0n) is 14.4. The van der Waals surface area contributed by atoms with Crippen LogP contribution in [0.25, 0.3) is 0 Å². The van der Waals surface area contributed by atoms with E-state index in [-0.39, 0.29) is 0 Å². The van der Waals surface area contributed by atoms with Crippen molar-refractivity contribution in [1.29, 1.82) is 0 Å². The molecule has 4 heteroatoms. The summed E-state index contributed by atoms with van der Waals surface area (Å²) in [5, 5.41) is 0. The third kappa shape index (κ3) is 6.34. The molecule has 22 heavy (non-hydrogen) atoms. The average Bonchev–Trinajstić information content (AvgIpc) is 2.50. The van der Waals surface area contributed by atoms with Crippen LogP contribution >= 0.6 is 0 Å². The number of piperazine rings is 1. The van der Waals surface area contributed by atoms with Gasteiger partial charge in [-0.1, -0.05) is 12.1 Å². The van der Waals surface area contributed by atoms with Gasteiger partial charge in [0.2, 0.25) is 0 Å². The van der Waals surface area contributed by atoms with Crippen molar-refractivity contribution in [1.82, 2.24) is 14.7 Å². The van der Waals surface area contributed by atoms with Crippen molar-refractivity contribution < 1.29 is 4.74 Å². The molecule has 1 aliphatic heterocycles. The number of ether oxygens (including phenoxy) is 1. The Morgan fingerprint density at radius 3 is 2.36 bits per heavy atom. The number of nitrogens with zero attached hydrogens (tertiary/aromatic N) is 3. The highest BCUT2D eigenvalue weighted by Gasteiger charge is 2.12. The van der Waals surface area contributed by atoms with Gasteiger partial charge in [0, 0.05) is 32.7 Å². The van der Waals surface area contributed by atoms with E-state index in [9.17, 15) is 0 Å². The first-order chi connectivity index (χ1) is 10.6. The lowest BCUT2D eigenvalue weighted by Crippen LogP contribution is -2.44. The normalized spacial score (nSPS) is 17.1. The molecule has 2 rings (SSSR count). The van der Waals surface area contributed by atoms with E-state index in [1.54, 1.807) is 0 Å². The molecule has 0 saturated carbocycles. The highest BCUT2D eigenvalue weighted by Crippen LogP contribution is 2.13. The van der Waals surface area contributed by atoms with Crippen molar-refractivity contribution in [3.05, 3.63) is 29.8 Å². The largest absolute Gasteiger partial charge is 0.492 e. The quantitative estimate of drug-likeness (QED) is 0.729. The first-order valence-electron chi connectivity index (χ1n) is 8.41. The van der Waals surface area contributed by atoms with Crippen molar-refractivity contribution in [2.45, 2.75) is 12.8 Å².